The van der Waals surface area contributed by atoms with E-state index in [9.17, 15) is 41.8 Å². The number of nitrogens with one attached hydrogen (secondary N) is 1. The van der Waals surface area contributed by atoms with Crippen molar-refractivity contribution < 1.29 is 46.4 Å². The summed E-state index contributed by atoms with van der Waals surface area (Å²) >= 11 is 7.70. The Balaban J connectivity index is 0.930. The number of carboxylic acid groups (broad SMARTS) is 1. The lowest BCUT2D eigenvalue weighted by molar-refractivity contribution is -0.0435. The molecule has 4 N–H and O–H groups in total. The van der Waals surface area contributed by atoms with Gasteiger partial charge in [0.1, 0.15) is 4.90 Å². The van der Waals surface area contributed by atoms with Crippen molar-refractivity contribution in [3.05, 3.63) is 143 Å². The largest absolute Gasteiger partial charge is 0.501 e. The number of rotatable bonds is 16. The monoisotopic (exact) mass is 1090 g/mol. The van der Waals surface area contributed by atoms with Gasteiger partial charge in [0.2, 0.25) is 7.29 Å². The molecule has 3 aliphatic rings. The van der Waals surface area contributed by atoms with Crippen molar-refractivity contribution in [1.29, 1.82) is 0 Å². The van der Waals surface area contributed by atoms with Crippen molar-refractivity contribution in [3.63, 3.8) is 0 Å². The number of aliphatic hydroxyl groups excluding tert-OH is 1. The first-order valence-corrected chi connectivity index (χ1v) is 29.2. The SMILES string of the molecule is Cc1c(C(=O)O)c(-c2cccc(N3CCN(c4ccc([C@H]5CCN(O)P5(=O)c5ccc(N[C@H](CCN6CCC(O)CC6)CSc6ccccc6)c(S(=O)(=O)C(F)(F)F)c5)cc4)CC3)c2)c(-c2ccc(Cl)cc2)n1C. The predicted octanol–water partition coefficient (Wildman–Crippen LogP) is 10.8. The maximum absolute atomic E-state index is 15.2. The van der Waals surface area contributed by atoms with Crippen LogP contribution in [0, 0.1) is 6.92 Å². The topological polar surface area (TPSA) is 159 Å². The van der Waals surface area contributed by atoms with Crippen LogP contribution in [0.15, 0.2) is 131 Å². The second-order valence-corrected chi connectivity index (χ2v) is 25.4. The van der Waals surface area contributed by atoms with Gasteiger partial charge in [0, 0.05) is 109 Å². The van der Waals surface area contributed by atoms with Crippen molar-refractivity contribution in [2.75, 3.05) is 73.2 Å². The lowest BCUT2D eigenvalue weighted by Gasteiger charge is -2.37. The Hall–Kier alpha value is -5.30. The van der Waals surface area contributed by atoms with Crippen LogP contribution in [0.2, 0.25) is 5.02 Å². The normalized spacial score (nSPS) is 19.8. The smallest absolute Gasteiger partial charge is 0.478 e. The van der Waals surface area contributed by atoms with E-state index in [1.54, 1.807) is 19.1 Å². The Morgan fingerprint density at radius 2 is 1.49 bits per heavy atom. The van der Waals surface area contributed by atoms with Crippen LogP contribution >= 0.6 is 30.7 Å². The zero-order valence-electron chi connectivity index (χ0n) is 41.0. The maximum atomic E-state index is 15.2. The number of halogens is 4. The minimum atomic E-state index is -5.98. The molecule has 1 aromatic heterocycles. The molecule has 0 bridgehead atoms. The van der Waals surface area contributed by atoms with Crippen LogP contribution in [0.4, 0.5) is 30.2 Å². The number of carbonyl (C=O) groups is 1. The van der Waals surface area contributed by atoms with E-state index < -0.39 is 45.2 Å². The molecule has 0 spiro atoms. The molecular formula is C54H59ClF3N6O7PS2. The van der Waals surface area contributed by atoms with Crippen LogP contribution in [0.1, 0.15) is 53.0 Å². The number of sulfone groups is 1. The van der Waals surface area contributed by atoms with Crippen molar-refractivity contribution in [2.24, 2.45) is 7.05 Å². The third kappa shape index (κ3) is 11.0. The molecule has 1 unspecified atom stereocenters. The Bertz CT molecular complexity index is 3130. The summed E-state index contributed by atoms with van der Waals surface area (Å²) < 4.78 is 87.7. The molecule has 6 aromatic rings. The van der Waals surface area contributed by atoms with Crippen LogP contribution in [0.5, 0.6) is 0 Å². The minimum absolute atomic E-state index is 0.0511. The summed E-state index contributed by atoms with van der Waals surface area (Å²) in [6.45, 7) is 6.22. The molecule has 9 rings (SSSR count). The first-order chi connectivity index (χ1) is 35.3. The van der Waals surface area contributed by atoms with Gasteiger partial charge >= 0.3 is 11.5 Å². The number of benzene rings is 5. The molecule has 3 atom stereocenters. The highest BCUT2D eigenvalue weighted by atomic mass is 35.5. The lowest BCUT2D eigenvalue weighted by atomic mass is 9.96. The number of piperidine rings is 1. The zero-order valence-corrected chi connectivity index (χ0v) is 44.2. The second kappa shape index (κ2) is 22.1. The van der Waals surface area contributed by atoms with Crippen molar-refractivity contribution >= 4 is 68.8 Å². The molecule has 13 nitrogen and oxygen atoms in total. The van der Waals surface area contributed by atoms with E-state index in [0.717, 1.165) is 39.2 Å². The molecule has 3 saturated heterocycles. The number of alkyl halides is 3. The number of hydroxylamine groups is 1. The summed E-state index contributed by atoms with van der Waals surface area (Å²) in [5, 5.41) is 35.2. The lowest BCUT2D eigenvalue weighted by Crippen LogP contribution is -2.46. The summed E-state index contributed by atoms with van der Waals surface area (Å²) in [6.07, 6.45) is 1.51. The number of hydrogen-bond acceptors (Lipinski definition) is 11. The average molecular weight is 1090 g/mol. The van der Waals surface area contributed by atoms with Crippen molar-refractivity contribution in [3.8, 4) is 22.4 Å². The van der Waals surface area contributed by atoms with E-state index in [2.05, 4.69) is 20.0 Å². The molecule has 0 radical (unpaired) electrons. The molecule has 4 heterocycles. The van der Waals surface area contributed by atoms with E-state index in [1.807, 2.05) is 103 Å². The van der Waals surface area contributed by atoms with E-state index >= 15 is 4.57 Å². The highest BCUT2D eigenvalue weighted by molar-refractivity contribution is 7.99. The Morgan fingerprint density at radius 1 is 0.824 bits per heavy atom. The van der Waals surface area contributed by atoms with Crippen LogP contribution in [-0.4, -0.2) is 120 Å². The number of likely N-dealkylation sites (tertiary alicyclic amines) is 1. The molecule has 0 amide bonds. The number of piperazine rings is 1. The second-order valence-electron chi connectivity index (χ2n) is 19.2. The number of nitrogens with zero attached hydrogens (tertiary/aromatic N) is 5. The van der Waals surface area contributed by atoms with Gasteiger partial charge in [-0.2, -0.15) is 13.2 Å². The molecule has 74 heavy (non-hydrogen) atoms. The van der Waals surface area contributed by atoms with Crippen LogP contribution in [-0.2, 0) is 21.4 Å². The number of aromatic nitrogens is 1. The van der Waals surface area contributed by atoms with Crippen LogP contribution in [0.25, 0.3) is 22.4 Å². The highest BCUT2D eigenvalue weighted by Crippen LogP contribution is 2.66. The summed E-state index contributed by atoms with van der Waals surface area (Å²) in [6, 6.07) is 35.1. The van der Waals surface area contributed by atoms with Gasteiger partial charge in [0.25, 0.3) is 9.84 Å². The number of thioether (sulfide) groups is 1. The van der Waals surface area contributed by atoms with Crippen LogP contribution < -0.4 is 20.4 Å². The molecule has 392 valence electrons. The van der Waals surface area contributed by atoms with Gasteiger partial charge in [-0.1, -0.05) is 66.2 Å². The number of aliphatic hydroxyl groups is 1. The van der Waals surface area contributed by atoms with Gasteiger partial charge < -0.3 is 40.0 Å². The highest BCUT2D eigenvalue weighted by Gasteiger charge is 2.51. The molecular weight excluding hydrogens is 1030 g/mol. The predicted molar refractivity (Wildman–Crippen MR) is 288 cm³/mol. The summed E-state index contributed by atoms with van der Waals surface area (Å²) in [4.78, 5) is 19.9. The fourth-order valence-electron chi connectivity index (χ4n) is 10.5. The van der Waals surface area contributed by atoms with E-state index in [0.29, 0.717) is 97.5 Å². The van der Waals surface area contributed by atoms with Crippen molar-refractivity contribution in [2.45, 2.75) is 65.7 Å². The molecule has 3 fully saturated rings. The van der Waals surface area contributed by atoms with Gasteiger partial charge in [-0.25, -0.2) is 13.2 Å². The fourth-order valence-corrected chi connectivity index (χ4v) is 15.6. The third-order valence-corrected chi connectivity index (χ3v) is 20.9. The quantitative estimate of drug-likeness (QED) is 0.0536. The van der Waals surface area contributed by atoms with Gasteiger partial charge in [0.15, 0.2) is 0 Å². The van der Waals surface area contributed by atoms with Gasteiger partial charge in [-0.15, -0.1) is 16.6 Å². The summed E-state index contributed by atoms with van der Waals surface area (Å²) in [5.74, 6) is -0.618. The van der Waals surface area contributed by atoms with E-state index in [4.69, 9.17) is 11.6 Å². The first-order valence-electron chi connectivity index (χ1n) is 24.6. The van der Waals surface area contributed by atoms with E-state index in [-0.39, 0.29) is 35.6 Å². The molecule has 0 saturated carbocycles. The maximum Gasteiger partial charge on any atom is 0.501 e. The number of carboxylic acids is 1. The number of hydrogen-bond donors (Lipinski definition) is 4. The standard InChI is InChI=1S/C54H59ClF3N6O7PS2/c1-36-50(53(66)67)51(52(60(36)2)38-11-15-40(55)16-12-38)39-7-6-8-43(33-39)63-31-29-62(30-32-63)42-17-13-37(14-18-42)48-24-28-64(68)72(48,69)45-19-20-47(49(34-45)74(70,71)54(56,57)58)59-41(35-73-46-9-4-3-5-10-46)21-25-61-26-22-44(65)23-27-61/h3-20,33-34,41,44,48,59,65,68H,21-32,35H2,1-2H3,(H,66,67)/t41-,48-,72?/m1/s1. The summed E-state index contributed by atoms with van der Waals surface area (Å²) in [7, 11) is -8.27. The van der Waals surface area contributed by atoms with Crippen LogP contribution in [0.3, 0.4) is 0 Å². The van der Waals surface area contributed by atoms with Gasteiger partial charge in [0.05, 0.1) is 28.7 Å². The number of aromatic carboxylic acids is 1. The Morgan fingerprint density at radius 3 is 2.14 bits per heavy atom. The van der Waals surface area contributed by atoms with Gasteiger partial charge in [-0.05, 0) is 116 Å². The zero-order chi connectivity index (χ0) is 52.5. The van der Waals surface area contributed by atoms with Crippen molar-refractivity contribution in [1.82, 2.24) is 14.3 Å². The molecule has 0 aliphatic carbocycles. The molecule has 3 aliphatic heterocycles. The molecule has 5 aromatic carbocycles. The summed E-state index contributed by atoms with van der Waals surface area (Å²) in [5.41, 5.74) is -0.516. The molecule has 20 heteroatoms. The van der Waals surface area contributed by atoms with E-state index in [1.165, 1.54) is 23.9 Å². The van der Waals surface area contributed by atoms with Gasteiger partial charge in [-0.3, -0.25) is 4.57 Å². The minimum Gasteiger partial charge on any atom is -0.478 e. The fraction of sp³-hybridized carbons (Fsp3) is 0.352. The third-order valence-electron chi connectivity index (χ3n) is 14.6. The number of anilines is 3. The Labute approximate surface area is 438 Å². The first kappa shape index (κ1) is 53.5. The Kier molecular flexibility index (Phi) is 16.0. The average Bonchev–Trinajstić information content (AvgIpc) is 3.85.